The Kier molecular flexibility index (Phi) is 4.26. The molecule has 3 heteroatoms. The molecular formula is C15H15BrO2. The predicted octanol–water partition coefficient (Wildman–Crippen LogP) is 4.35. The fourth-order valence-corrected chi connectivity index (χ4v) is 2.32. The van der Waals surface area contributed by atoms with Crippen molar-refractivity contribution in [3.05, 3.63) is 58.1 Å². The van der Waals surface area contributed by atoms with Gasteiger partial charge in [-0.15, -0.1) is 0 Å². The van der Waals surface area contributed by atoms with E-state index in [1.807, 2.05) is 49.4 Å². The van der Waals surface area contributed by atoms with Crippen LogP contribution in [0.4, 0.5) is 0 Å². The fourth-order valence-electron chi connectivity index (χ4n) is 1.77. The monoisotopic (exact) mass is 306 g/mol. The van der Waals surface area contributed by atoms with Crippen LogP contribution >= 0.6 is 15.9 Å². The van der Waals surface area contributed by atoms with Crippen LogP contribution in [0.5, 0.6) is 11.5 Å². The minimum atomic E-state index is 0.541. The molecule has 0 amide bonds. The molecule has 2 aromatic rings. The third-order valence-corrected chi connectivity index (χ3v) is 3.11. The summed E-state index contributed by atoms with van der Waals surface area (Å²) in [5.74, 6) is 1.54. The summed E-state index contributed by atoms with van der Waals surface area (Å²) >= 11 is 3.45. The molecule has 0 aliphatic carbocycles. The molecule has 0 aromatic heterocycles. The van der Waals surface area contributed by atoms with Crippen LogP contribution < -0.4 is 9.47 Å². The van der Waals surface area contributed by atoms with E-state index in [1.165, 1.54) is 0 Å². The molecule has 0 unspecified atom stereocenters. The van der Waals surface area contributed by atoms with E-state index in [4.69, 9.17) is 9.47 Å². The van der Waals surface area contributed by atoms with Gasteiger partial charge in [0.25, 0.3) is 0 Å². The number of methoxy groups -OCH3 is 1. The van der Waals surface area contributed by atoms with E-state index in [1.54, 1.807) is 7.11 Å². The van der Waals surface area contributed by atoms with Crippen LogP contribution in [0.2, 0.25) is 0 Å². The van der Waals surface area contributed by atoms with Gasteiger partial charge in [-0.2, -0.15) is 0 Å². The molecule has 0 N–H and O–H groups in total. The topological polar surface area (TPSA) is 18.5 Å². The summed E-state index contributed by atoms with van der Waals surface area (Å²) < 4.78 is 12.2. The number of hydrogen-bond acceptors (Lipinski definition) is 2. The molecule has 0 bridgehead atoms. The second-order valence-corrected chi connectivity index (χ2v) is 4.94. The molecular weight excluding hydrogens is 292 g/mol. The second kappa shape index (κ2) is 5.91. The van der Waals surface area contributed by atoms with Crippen molar-refractivity contribution in [2.75, 3.05) is 7.11 Å². The van der Waals surface area contributed by atoms with Crippen molar-refractivity contribution in [2.45, 2.75) is 13.5 Å². The van der Waals surface area contributed by atoms with Crippen molar-refractivity contribution in [1.29, 1.82) is 0 Å². The molecule has 0 saturated heterocycles. The summed E-state index contributed by atoms with van der Waals surface area (Å²) in [5.41, 5.74) is 2.19. The molecule has 2 aromatic carbocycles. The highest BCUT2D eigenvalue weighted by Gasteiger charge is 2.09. The zero-order chi connectivity index (χ0) is 13.0. The van der Waals surface area contributed by atoms with Gasteiger partial charge in [-0.25, -0.2) is 0 Å². The molecule has 0 heterocycles. The lowest BCUT2D eigenvalue weighted by Crippen LogP contribution is -1.99. The summed E-state index contributed by atoms with van der Waals surface area (Å²) in [6, 6.07) is 14.0. The van der Waals surface area contributed by atoms with E-state index >= 15 is 0 Å². The molecule has 94 valence electrons. The maximum Gasteiger partial charge on any atom is 0.164 e. The Bertz CT molecular complexity index is 524. The largest absolute Gasteiger partial charge is 0.493 e. The maximum absolute atomic E-state index is 5.85. The number of hydrogen-bond donors (Lipinski definition) is 0. The molecule has 18 heavy (non-hydrogen) atoms. The lowest BCUT2D eigenvalue weighted by atomic mass is 10.2. The van der Waals surface area contributed by atoms with Crippen molar-refractivity contribution < 1.29 is 9.47 Å². The van der Waals surface area contributed by atoms with Crippen molar-refractivity contribution >= 4 is 15.9 Å². The summed E-state index contributed by atoms with van der Waals surface area (Å²) in [6.45, 7) is 2.55. The van der Waals surface area contributed by atoms with Crippen LogP contribution in [0.1, 0.15) is 11.1 Å². The van der Waals surface area contributed by atoms with Gasteiger partial charge in [0.2, 0.25) is 0 Å². The lowest BCUT2D eigenvalue weighted by molar-refractivity contribution is 0.282. The van der Waals surface area contributed by atoms with Crippen molar-refractivity contribution in [1.82, 2.24) is 0 Å². The predicted molar refractivity (Wildman–Crippen MR) is 76.2 cm³/mol. The fraction of sp³-hybridized carbons (Fsp3) is 0.200. The van der Waals surface area contributed by atoms with E-state index in [9.17, 15) is 0 Å². The molecule has 0 radical (unpaired) electrons. The van der Waals surface area contributed by atoms with Crippen molar-refractivity contribution in [2.24, 2.45) is 0 Å². The van der Waals surface area contributed by atoms with E-state index in [-0.39, 0.29) is 0 Å². The zero-order valence-electron chi connectivity index (χ0n) is 10.4. The number of aryl methyl sites for hydroxylation is 1. The summed E-state index contributed by atoms with van der Waals surface area (Å²) in [6.07, 6.45) is 0. The van der Waals surface area contributed by atoms with E-state index in [2.05, 4.69) is 15.9 Å². The Hall–Kier alpha value is -1.48. The smallest absolute Gasteiger partial charge is 0.164 e. The van der Waals surface area contributed by atoms with Crippen LogP contribution in [0.3, 0.4) is 0 Å². The van der Waals surface area contributed by atoms with Gasteiger partial charge < -0.3 is 9.47 Å². The summed E-state index contributed by atoms with van der Waals surface area (Å²) in [5, 5.41) is 0. The average molecular weight is 307 g/mol. The SMILES string of the molecule is COc1cc(Br)cc(C)c1OCc1ccccc1. The molecule has 0 aliphatic heterocycles. The highest BCUT2D eigenvalue weighted by Crippen LogP contribution is 2.34. The van der Waals surface area contributed by atoms with Crippen LogP contribution in [0.15, 0.2) is 46.9 Å². The second-order valence-electron chi connectivity index (χ2n) is 4.03. The third-order valence-electron chi connectivity index (χ3n) is 2.65. The van der Waals surface area contributed by atoms with Crippen molar-refractivity contribution in [3.8, 4) is 11.5 Å². The molecule has 0 spiro atoms. The highest BCUT2D eigenvalue weighted by molar-refractivity contribution is 9.10. The highest BCUT2D eigenvalue weighted by atomic mass is 79.9. The molecule has 0 atom stereocenters. The maximum atomic E-state index is 5.85. The minimum absolute atomic E-state index is 0.541. The number of benzene rings is 2. The Morgan fingerprint density at radius 1 is 1.11 bits per heavy atom. The quantitative estimate of drug-likeness (QED) is 0.836. The van der Waals surface area contributed by atoms with Gasteiger partial charge in [0.1, 0.15) is 6.61 Å². The molecule has 2 nitrogen and oxygen atoms in total. The average Bonchev–Trinajstić information content (AvgIpc) is 2.38. The lowest BCUT2D eigenvalue weighted by Gasteiger charge is -2.13. The van der Waals surface area contributed by atoms with Gasteiger partial charge in [0.15, 0.2) is 11.5 Å². The normalized spacial score (nSPS) is 10.2. The molecule has 2 rings (SSSR count). The first kappa shape index (κ1) is 13.0. The van der Waals surface area contributed by atoms with Gasteiger partial charge in [0, 0.05) is 4.47 Å². The third kappa shape index (κ3) is 3.05. The van der Waals surface area contributed by atoms with E-state index < -0.39 is 0 Å². The first-order valence-corrected chi connectivity index (χ1v) is 6.51. The minimum Gasteiger partial charge on any atom is -0.493 e. The Morgan fingerprint density at radius 2 is 1.83 bits per heavy atom. The Labute approximate surface area is 116 Å². The number of ether oxygens (including phenoxy) is 2. The first-order chi connectivity index (χ1) is 8.70. The summed E-state index contributed by atoms with van der Waals surface area (Å²) in [4.78, 5) is 0. The zero-order valence-corrected chi connectivity index (χ0v) is 12.0. The van der Waals surface area contributed by atoms with Gasteiger partial charge >= 0.3 is 0 Å². The van der Waals surface area contributed by atoms with Crippen LogP contribution in [0.25, 0.3) is 0 Å². The van der Waals surface area contributed by atoms with Crippen molar-refractivity contribution in [3.63, 3.8) is 0 Å². The van der Waals surface area contributed by atoms with Gasteiger partial charge in [-0.05, 0) is 30.2 Å². The number of halogens is 1. The molecule has 0 fully saturated rings. The van der Waals surface area contributed by atoms with Crippen LogP contribution in [-0.2, 0) is 6.61 Å². The molecule has 0 aliphatic rings. The summed E-state index contributed by atoms with van der Waals surface area (Å²) in [7, 11) is 1.65. The van der Waals surface area contributed by atoms with Gasteiger partial charge in [-0.3, -0.25) is 0 Å². The van der Waals surface area contributed by atoms with E-state index in [0.29, 0.717) is 6.61 Å². The Morgan fingerprint density at radius 3 is 2.50 bits per heavy atom. The molecule has 0 saturated carbocycles. The van der Waals surface area contributed by atoms with Gasteiger partial charge in [-0.1, -0.05) is 46.3 Å². The Balaban J connectivity index is 2.19. The first-order valence-electron chi connectivity index (χ1n) is 5.71. The van der Waals surface area contributed by atoms with Gasteiger partial charge in [0.05, 0.1) is 7.11 Å². The van der Waals surface area contributed by atoms with Crippen LogP contribution in [-0.4, -0.2) is 7.11 Å². The number of rotatable bonds is 4. The van der Waals surface area contributed by atoms with E-state index in [0.717, 1.165) is 27.1 Å². The van der Waals surface area contributed by atoms with Crippen LogP contribution in [0, 0.1) is 6.92 Å². The standard InChI is InChI=1S/C15H15BrO2/c1-11-8-13(16)9-14(17-2)15(11)18-10-12-6-4-3-5-7-12/h3-9H,10H2,1-2H3.